The van der Waals surface area contributed by atoms with Crippen molar-refractivity contribution in [1.82, 2.24) is 4.90 Å². The largest absolute Gasteiger partial charge is 0.339 e. The first-order chi connectivity index (χ1) is 12.7. The number of amides is 1. The van der Waals surface area contributed by atoms with Gasteiger partial charge in [-0.3, -0.25) is 9.52 Å². The molecule has 0 aromatic heterocycles. The number of hydrogen-bond acceptors (Lipinski definition) is 4. The Kier molecular flexibility index (Phi) is 7.33. The average Bonchev–Trinajstić information content (AvgIpc) is 2.61. The first kappa shape index (κ1) is 21.3. The van der Waals surface area contributed by atoms with Crippen LogP contribution in [0.25, 0.3) is 0 Å². The van der Waals surface area contributed by atoms with Crippen molar-refractivity contribution in [3.05, 3.63) is 54.1 Å². The van der Waals surface area contributed by atoms with Gasteiger partial charge in [-0.25, -0.2) is 8.42 Å². The van der Waals surface area contributed by atoms with Gasteiger partial charge < -0.3 is 4.90 Å². The van der Waals surface area contributed by atoms with Gasteiger partial charge in [-0.2, -0.15) is 0 Å². The molecule has 0 saturated heterocycles. The minimum Gasteiger partial charge on any atom is -0.339 e. The Labute approximate surface area is 166 Å². The van der Waals surface area contributed by atoms with Crippen LogP contribution in [0.5, 0.6) is 0 Å². The smallest absolute Gasteiger partial charge is 0.285 e. The molecule has 2 aromatic rings. The fourth-order valence-corrected chi connectivity index (χ4v) is 4.00. The monoisotopic (exact) mass is 406 g/mol. The Morgan fingerprint density at radius 3 is 2.15 bits per heavy atom. The van der Waals surface area contributed by atoms with Crippen LogP contribution in [0.4, 0.5) is 10.5 Å². The lowest BCUT2D eigenvalue weighted by Gasteiger charge is -2.11. The molecular weight excluding hydrogens is 380 g/mol. The van der Waals surface area contributed by atoms with E-state index in [2.05, 4.69) is 18.6 Å². The summed E-state index contributed by atoms with van der Waals surface area (Å²) in [6.45, 7) is 4.34. The number of rotatable bonds is 7. The van der Waals surface area contributed by atoms with E-state index in [-0.39, 0.29) is 10.1 Å². The van der Waals surface area contributed by atoms with Crippen molar-refractivity contribution in [3.8, 4) is 0 Å². The van der Waals surface area contributed by atoms with Crippen molar-refractivity contribution in [2.75, 3.05) is 18.8 Å². The molecule has 1 N–H and O–H groups in total. The summed E-state index contributed by atoms with van der Waals surface area (Å²) in [7, 11) is -0.270. The van der Waals surface area contributed by atoms with Gasteiger partial charge in [-0.15, -0.1) is 0 Å². The predicted molar refractivity (Wildman–Crippen MR) is 112 cm³/mol. The van der Waals surface area contributed by atoms with Gasteiger partial charge in [0.05, 0.1) is 4.90 Å². The number of aryl methyl sites for hydroxylation is 1. The van der Waals surface area contributed by atoms with Crippen LogP contribution in [-0.4, -0.2) is 32.7 Å². The van der Waals surface area contributed by atoms with E-state index in [0.29, 0.717) is 11.6 Å². The molecule has 0 aliphatic carbocycles. The summed E-state index contributed by atoms with van der Waals surface area (Å²) in [5.41, 5.74) is 1.59. The Hall–Kier alpha value is -1.99. The zero-order chi connectivity index (χ0) is 20.0. The normalized spacial score (nSPS) is 11.4. The van der Waals surface area contributed by atoms with E-state index in [9.17, 15) is 13.2 Å². The van der Waals surface area contributed by atoms with Crippen LogP contribution in [0.2, 0.25) is 0 Å². The Bertz CT molecular complexity index is 859. The van der Waals surface area contributed by atoms with E-state index in [1.54, 1.807) is 50.5 Å². The summed E-state index contributed by atoms with van der Waals surface area (Å²) in [5, 5.41) is -0.0825. The van der Waals surface area contributed by atoms with Crippen molar-refractivity contribution in [2.24, 2.45) is 5.92 Å². The molecule has 146 valence electrons. The number of carbonyl (C=O) groups is 1. The summed E-state index contributed by atoms with van der Waals surface area (Å²) >= 11 is 1.09. The second kappa shape index (κ2) is 9.28. The fraction of sp³-hybridized carbons (Fsp3) is 0.350. The van der Waals surface area contributed by atoms with Crippen LogP contribution in [0.3, 0.4) is 0 Å². The molecule has 0 unspecified atom stereocenters. The SMILES string of the molecule is CC(C)CCc1ccc(S(=O)(=O)Nc2ccc(SC(=O)N(C)C)cc2)cc1. The quantitative estimate of drug-likeness (QED) is 0.668. The number of benzene rings is 2. The minimum atomic E-state index is -3.64. The van der Waals surface area contributed by atoms with Gasteiger partial charge in [0.15, 0.2) is 0 Å². The molecule has 0 fully saturated rings. The Balaban J connectivity index is 2.04. The molecule has 0 aliphatic heterocycles. The maximum atomic E-state index is 12.6. The number of nitrogens with one attached hydrogen (secondary N) is 1. The van der Waals surface area contributed by atoms with Crippen molar-refractivity contribution in [2.45, 2.75) is 36.5 Å². The highest BCUT2D eigenvalue weighted by Gasteiger charge is 2.14. The first-order valence-electron chi connectivity index (χ1n) is 8.78. The van der Waals surface area contributed by atoms with Crippen molar-refractivity contribution >= 4 is 32.7 Å². The van der Waals surface area contributed by atoms with E-state index in [0.717, 1.165) is 35.1 Å². The van der Waals surface area contributed by atoms with Crippen molar-refractivity contribution in [3.63, 3.8) is 0 Å². The minimum absolute atomic E-state index is 0.0825. The molecule has 0 spiro atoms. The molecule has 0 saturated carbocycles. The first-order valence-corrected chi connectivity index (χ1v) is 11.1. The summed E-state index contributed by atoms with van der Waals surface area (Å²) < 4.78 is 27.7. The topological polar surface area (TPSA) is 66.5 Å². The van der Waals surface area contributed by atoms with Crippen LogP contribution in [-0.2, 0) is 16.4 Å². The summed E-state index contributed by atoms with van der Waals surface area (Å²) in [5.74, 6) is 0.615. The summed E-state index contributed by atoms with van der Waals surface area (Å²) in [6.07, 6.45) is 2.02. The molecule has 0 atom stereocenters. The van der Waals surface area contributed by atoms with Gasteiger partial charge in [-0.05, 0) is 72.5 Å². The van der Waals surface area contributed by atoms with Crippen LogP contribution in [0.15, 0.2) is 58.3 Å². The lowest BCUT2D eigenvalue weighted by molar-refractivity contribution is 0.241. The van der Waals surface area contributed by atoms with Gasteiger partial charge in [0.2, 0.25) is 0 Å². The number of thioether (sulfide) groups is 1. The zero-order valence-electron chi connectivity index (χ0n) is 16.1. The van der Waals surface area contributed by atoms with E-state index in [1.807, 2.05) is 12.1 Å². The van der Waals surface area contributed by atoms with Gasteiger partial charge in [0, 0.05) is 24.7 Å². The summed E-state index contributed by atoms with van der Waals surface area (Å²) in [6, 6.07) is 13.8. The van der Waals surface area contributed by atoms with Crippen molar-refractivity contribution in [1.29, 1.82) is 0 Å². The van der Waals surface area contributed by atoms with E-state index in [4.69, 9.17) is 0 Å². The third-order valence-corrected chi connectivity index (χ3v) is 6.37. The van der Waals surface area contributed by atoms with Gasteiger partial charge in [-0.1, -0.05) is 26.0 Å². The average molecular weight is 407 g/mol. The molecule has 2 rings (SSSR count). The molecule has 1 amide bonds. The number of anilines is 1. The number of carbonyl (C=O) groups excluding carboxylic acids is 1. The standard InChI is InChI=1S/C20H26N2O3S2/c1-15(2)5-6-16-7-13-19(14-8-16)27(24,25)21-17-9-11-18(12-10-17)26-20(23)22(3)4/h7-15,21H,5-6H2,1-4H3. The predicted octanol–water partition coefficient (Wildman–Crippen LogP) is 4.85. The van der Waals surface area contributed by atoms with Crippen molar-refractivity contribution < 1.29 is 13.2 Å². The number of sulfonamides is 1. The van der Waals surface area contributed by atoms with E-state index >= 15 is 0 Å². The molecule has 0 heterocycles. The second-order valence-corrected chi connectivity index (χ2v) is 9.68. The second-order valence-electron chi connectivity index (χ2n) is 6.97. The van der Waals surface area contributed by atoms with Crippen LogP contribution in [0, 0.1) is 5.92 Å². The molecule has 0 radical (unpaired) electrons. The highest BCUT2D eigenvalue weighted by atomic mass is 32.2. The third-order valence-electron chi connectivity index (χ3n) is 3.92. The maximum absolute atomic E-state index is 12.6. The molecular formula is C20H26N2O3S2. The Morgan fingerprint density at radius 1 is 1.04 bits per heavy atom. The van der Waals surface area contributed by atoms with Crippen LogP contribution >= 0.6 is 11.8 Å². The Morgan fingerprint density at radius 2 is 1.63 bits per heavy atom. The van der Waals surface area contributed by atoms with E-state index < -0.39 is 10.0 Å². The molecule has 7 heteroatoms. The van der Waals surface area contributed by atoms with Crippen LogP contribution in [0.1, 0.15) is 25.8 Å². The van der Waals surface area contributed by atoms with E-state index in [1.165, 1.54) is 4.90 Å². The number of nitrogens with zero attached hydrogens (tertiary/aromatic N) is 1. The maximum Gasteiger partial charge on any atom is 0.285 e. The van der Waals surface area contributed by atoms with Gasteiger partial charge in [0.1, 0.15) is 0 Å². The van der Waals surface area contributed by atoms with Gasteiger partial charge >= 0.3 is 0 Å². The summed E-state index contributed by atoms with van der Waals surface area (Å²) in [4.78, 5) is 14.2. The fourth-order valence-electron chi connectivity index (χ4n) is 2.29. The lowest BCUT2D eigenvalue weighted by Crippen LogP contribution is -2.16. The molecule has 0 bridgehead atoms. The van der Waals surface area contributed by atoms with Gasteiger partial charge in [0.25, 0.3) is 15.3 Å². The number of hydrogen-bond donors (Lipinski definition) is 1. The highest BCUT2D eigenvalue weighted by molar-refractivity contribution is 8.13. The molecule has 5 nitrogen and oxygen atoms in total. The zero-order valence-corrected chi connectivity index (χ0v) is 17.7. The third kappa shape index (κ3) is 6.59. The highest BCUT2D eigenvalue weighted by Crippen LogP contribution is 2.24. The molecule has 27 heavy (non-hydrogen) atoms. The molecule has 2 aromatic carbocycles. The van der Waals surface area contributed by atoms with Crippen LogP contribution < -0.4 is 4.72 Å². The lowest BCUT2D eigenvalue weighted by atomic mass is 10.0. The molecule has 0 aliphatic rings.